The van der Waals surface area contributed by atoms with Crippen LogP contribution in [0.5, 0.6) is 0 Å². The molecule has 1 atom stereocenters. The number of urea groups is 1. The van der Waals surface area contributed by atoms with Gasteiger partial charge < -0.3 is 14.7 Å². The molecule has 1 aliphatic heterocycles. The Morgan fingerprint density at radius 3 is 2.60 bits per heavy atom. The summed E-state index contributed by atoms with van der Waals surface area (Å²) in [4.78, 5) is 26.9. The molecule has 1 aliphatic rings. The second-order valence-corrected chi connectivity index (χ2v) is 6.20. The van der Waals surface area contributed by atoms with Gasteiger partial charge in [0, 0.05) is 25.6 Å². The first-order valence-corrected chi connectivity index (χ1v) is 8.45. The highest BCUT2D eigenvalue weighted by Gasteiger charge is 2.28. The number of nitrogens with one attached hydrogen (secondary N) is 2. The molecule has 0 saturated carbocycles. The van der Waals surface area contributed by atoms with Crippen LogP contribution in [0.3, 0.4) is 0 Å². The Kier molecular flexibility index (Phi) is 5.33. The lowest BCUT2D eigenvalue weighted by molar-refractivity contribution is -0.132. The summed E-state index contributed by atoms with van der Waals surface area (Å²) in [6, 6.07) is 10.2. The smallest absolute Gasteiger partial charge is 0.321 e. The summed E-state index contributed by atoms with van der Waals surface area (Å²) in [6.45, 7) is 3.23. The molecule has 3 rings (SSSR count). The van der Waals surface area contributed by atoms with Crippen LogP contribution < -0.4 is 10.6 Å². The summed E-state index contributed by atoms with van der Waals surface area (Å²) in [6.07, 6.45) is 2.46. The molecule has 2 heterocycles. The molecular formula is C18H22N4O3. The predicted molar refractivity (Wildman–Crippen MR) is 93.1 cm³/mol. The number of carbonyl (C=O) groups excluding carboxylic acids is 2. The molecule has 0 bridgehead atoms. The van der Waals surface area contributed by atoms with Gasteiger partial charge in [-0.2, -0.15) is 0 Å². The maximum Gasteiger partial charge on any atom is 0.321 e. The lowest BCUT2D eigenvalue weighted by Gasteiger charge is -2.24. The molecule has 1 fully saturated rings. The molecule has 132 valence electrons. The van der Waals surface area contributed by atoms with Gasteiger partial charge in [-0.25, -0.2) is 4.79 Å². The zero-order chi connectivity index (χ0) is 17.6. The van der Waals surface area contributed by atoms with Crippen LogP contribution in [0, 0.1) is 6.92 Å². The molecule has 1 saturated heterocycles. The van der Waals surface area contributed by atoms with E-state index >= 15 is 0 Å². The number of aromatic nitrogens is 1. The molecule has 0 unspecified atom stereocenters. The van der Waals surface area contributed by atoms with E-state index in [4.69, 9.17) is 4.52 Å². The van der Waals surface area contributed by atoms with Crippen molar-refractivity contribution < 1.29 is 14.1 Å². The summed E-state index contributed by atoms with van der Waals surface area (Å²) < 4.78 is 4.93. The number of hydrogen-bond donors (Lipinski definition) is 2. The van der Waals surface area contributed by atoms with Crippen LogP contribution in [0.1, 0.15) is 24.2 Å². The molecule has 2 N–H and O–H groups in total. The lowest BCUT2D eigenvalue weighted by Crippen LogP contribution is -2.50. The van der Waals surface area contributed by atoms with Gasteiger partial charge in [0.25, 0.3) is 0 Å². The molecule has 3 amide bonds. The molecule has 1 aromatic carbocycles. The summed E-state index contributed by atoms with van der Waals surface area (Å²) in [7, 11) is 0. The molecule has 7 heteroatoms. The van der Waals surface area contributed by atoms with Crippen molar-refractivity contribution in [2.24, 2.45) is 0 Å². The maximum atomic E-state index is 12.8. The van der Waals surface area contributed by atoms with Gasteiger partial charge in [-0.3, -0.25) is 10.1 Å². The molecule has 1 aromatic heterocycles. The fourth-order valence-corrected chi connectivity index (χ4v) is 2.94. The fraction of sp³-hybridized carbons (Fsp3) is 0.389. The van der Waals surface area contributed by atoms with Gasteiger partial charge in [0.2, 0.25) is 5.91 Å². The van der Waals surface area contributed by atoms with Crippen molar-refractivity contribution >= 4 is 17.8 Å². The molecule has 0 aliphatic carbocycles. The van der Waals surface area contributed by atoms with Gasteiger partial charge in [0.05, 0.1) is 0 Å². The second-order valence-electron chi connectivity index (χ2n) is 6.20. The number of anilines is 1. The van der Waals surface area contributed by atoms with Crippen LogP contribution in [-0.2, 0) is 11.2 Å². The first-order valence-electron chi connectivity index (χ1n) is 8.45. The van der Waals surface area contributed by atoms with E-state index in [9.17, 15) is 9.59 Å². The van der Waals surface area contributed by atoms with E-state index in [0.717, 1.165) is 31.5 Å². The van der Waals surface area contributed by atoms with Crippen LogP contribution in [0.2, 0.25) is 0 Å². The minimum absolute atomic E-state index is 0.0483. The van der Waals surface area contributed by atoms with Gasteiger partial charge in [-0.15, -0.1) is 0 Å². The number of nitrogens with zero attached hydrogens (tertiary/aromatic N) is 2. The Morgan fingerprint density at radius 1 is 1.24 bits per heavy atom. The number of likely N-dealkylation sites (tertiary alicyclic amines) is 1. The topological polar surface area (TPSA) is 87.5 Å². The third-order valence-electron chi connectivity index (χ3n) is 4.17. The first-order chi connectivity index (χ1) is 12.1. The maximum absolute atomic E-state index is 12.8. The van der Waals surface area contributed by atoms with E-state index in [-0.39, 0.29) is 5.91 Å². The Hall–Kier alpha value is -2.83. The summed E-state index contributed by atoms with van der Waals surface area (Å²) in [5.41, 5.74) is 0.998. The number of carbonyl (C=O) groups is 2. The van der Waals surface area contributed by atoms with Crippen LogP contribution in [-0.4, -0.2) is 41.1 Å². The van der Waals surface area contributed by atoms with E-state index < -0.39 is 12.1 Å². The molecule has 7 nitrogen and oxygen atoms in total. The Morgan fingerprint density at radius 2 is 1.96 bits per heavy atom. The second kappa shape index (κ2) is 7.83. The first kappa shape index (κ1) is 17.0. The lowest BCUT2D eigenvalue weighted by atomic mass is 10.0. The van der Waals surface area contributed by atoms with Crippen molar-refractivity contribution in [2.75, 3.05) is 18.4 Å². The van der Waals surface area contributed by atoms with Gasteiger partial charge in [-0.05, 0) is 25.3 Å². The SMILES string of the molecule is Cc1cc(NC(=O)N[C@@H](Cc2ccccc2)C(=O)N2CCCC2)no1. The van der Waals surface area contributed by atoms with E-state index in [0.29, 0.717) is 18.0 Å². The van der Waals surface area contributed by atoms with Crippen LogP contribution >= 0.6 is 0 Å². The quantitative estimate of drug-likeness (QED) is 0.873. The number of aryl methyl sites for hydroxylation is 1. The summed E-state index contributed by atoms with van der Waals surface area (Å²) in [5, 5.41) is 9.10. The molecule has 0 spiro atoms. The standard InChI is InChI=1S/C18H22N4O3/c1-13-11-16(21-25-13)20-18(24)19-15(12-14-7-3-2-4-8-14)17(23)22-9-5-6-10-22/h2-4,7-8,11,15H,5-6,9-10,12H2,1H3,(H2,19,20,21,24)/t15-/m0/s1. The van der Waals surface area contributed by atoms with Crippen LogP contribution in [0.25, 0.3) is 0 Å². The average Bonchev–Trinajstić information content (AvgIpc) is 3.26. The van der Waals surface area contributed by atoms with E-state index in [2.05, 4.69) is 15.8 Å². The average molecular weight is 342 g/mol. The summed E-state index contributed by atoms with van der Waals surface area (Å²) in [5.74, 6) is 0.874. The minimum atomic E-state index is -0.617. The zero-order valence-corrected chi connectivity index (χ0v) is 14.2. The van der Waals surface area contributed by atoms with Gasteiger partial charge >= 0.3 is 6.03 Å². The van der Waals surface area contributed by atoms with Crippen molar-refractivity contribution in [3.05, 3.63) is 47.7 Å². The summed E-state index contributed by atoms with van der Waals surface area (Å²) >= 11 is 0. The number of rotatable bonds is 5. The number of hydrogen-bond acceptors (Lipinski definition) is 4. The van der Waals surface area contributed by atoms with E-state index in [1.165, 1.54) is 0 Å². The predicted octanol–water partition coefficient (Wildman–Crippen LogP) is 2.34. The third-order valence-corrected chi connectivity index (χ3v) is 4.17. The highest BCUT2D eigenvalue weighted by atomic mass is 16.5. The largest absolute Gasteiger partial charge is 0.360 e. The van der Waals surface area contributed by atoms with Crippen molar-refractivity contribution in [1.29, 1.82) is 0 Å². The van der Waals surface area contributed by atoms with Crippen molar-refractivity contribution in [2.45, 2.75) is 32.2 Å². The normalized spacial score (nSPS) is 15.0. The van der Waals surface area contributed by atoms with Crippen LogP contribution in [0.15, 0.2) is 40.9 Å². The van der Waals surface area contributed by atoms with Crippen molar-refractivity contribution in [3.8, 4) is 0 Å². The van der Waals surface area contributed by atoms with Gasteiger partial charge in [0.1, 0.15) is 11.8 Å². The van der Waals surface area contributed by atoms with Gasteiger partial charge in [0.15, 0.2) is 5.82 Å². The van der Waals surface area contributed by atoms with Gasteiger partial charge in [-0.1, -0.05) is 35.5 Å². The van der Waals surface area contributed by atoms with Crippen molar-refractivity contribution in [1.82, 2.24) is 15.4 Å². The molecule has 25 heavy (non-hydrogen) atoms. The highest BCUT2D eigenvalue weighted by molar-refractivity contribution is 5.93. The third kappa shape index (κ3) is 4.59. The Balaban J connectivity index is 1.68. The van der Waals surface area contributed by atoms with E-state index in [1.54, 1.807) is 13.0 Å². The highest BCUT2D eigenvalue weighted by Crippen LogP contribution is 2.13. The Labute approximate surface area is 146 Å². The number of benzene rings is 1. The van der Waals surface area contributed by atoms with E-state index in [1.807, 2.05) is 35.2 Å². The Bertz CT molecular complexity index is 723. The fourth-order valence-electron chi connectivity index (χ4n) is 2.94. The zero-order valence-electron chi connectivity index (χ0n) is 14.2. The molecular weight excluding hydrogens is 320 g/mol. The van der Waals surface area contributed by atoms with Crippen molar-refractivity contribution in [3.63, 3.8) is 0 Å². The van der Waals surface area contributed by atoms with Crippen LogP contribution in [0.4, 0.5) is 10.6 Å². The molecule has 0 radical (unpaired) electrons. The molecule has 2 aromatic rings. The minimum Gasteiger partial charge on any atom is -0.360 e. The number of amides is 3. The monoisotopic (exact) mass is 342 g/mol.